The molecule has 3 atom stereocenters. The van der Waals surface area contributed by atoms with Crippen LogP contribution >= 0.6 is 0 Å². The normalized spacial score (nSPS) is 29.8. The smallest absolute Gasteiger partial charge is 0.0775 e. The van der Waals surface area contributed by atoms with E-state index in [2.05, 4.69) is 75.6 Å². The molecule has 4 nitrogen and oxygen atoms in total. The molecule has 2 aliphatic carbocycles. The van der Waals surface area contributed by atoms with Gasteiger partial charge in [-0.15, -0.1) is 0 Å². The van der Waals surface area contributed by atoms with Gasteiger partial charge in [0, 0.05) is 32.1 Å². The molecule has 2 aromatic carbocycles. The minimum atomic E-state index is 0.301. The van der Waals surface area contributed by atoms with Gasteiger partial charge in [-0.1, -0.05) is 65.8 Å². The third kappa shape index (κ3) is 3.15. The predicted octanol–water partition coefficient (Wildman–Crippen LogP) is 4.02. The summed E-state index contributed by atoms with van der Waals surface area (Å²) in [5.41, 5.74) is 3.78. The van der Waals surface area contributed by atoms with Gasteiger partial charge in [-0.05, 0) is 36.3 Å². The third-order valence-electron chi connectivity index (χ3n) is 7.09. The van der Waals surface area contributed by atoms with Gasteiger partial charge in [-0.25, -0.2) is 0 Å². The van der Waals surface area contributed by atoms with E-state index in [1.807, 2.05) is 0 Å². The van der Waals surface area contributed by atoms with Crippen molar-refractivity contribution in [2.24, 2.45) is 17.0 Å². The third-order valence-corrected chi connectivity index (χ3v) is 7.09. The van der Waals surface area contributed by atoms with E-state index < -0.39 is 0 Å². The van der Waals surface area contributed by atoms with Crippen LogP contribution in [0.4, 0.5) is 0 Å². The Morgan fingerprint density at radius 1 is 0.821 bits per heavy atom. The summed E-state index contributed by atoms with van der Waals surface area (Å²) < 4.78 is 0. The zero-order valence-corrected chi connectivity index (χ0v) is 16.3. The Hall–Kier alpha value is -2.17. The van der Waals surface area contributed by atoms with Gasteiger partial charge >= 0.3 is 0 Å². The number of fused-ring (bicyclic) bond motifs is 2. The van der Waals surface area contributed by atoms with Crippen molar-refractivity contribution in [3.05, 3.63) is 71.8 Å². The number of oxime groups is 1. The maximum atomic E-state index is 9.58. The number of nitrogens with zero attached hydrogens (tertiary/aromatic N) is 3. The van der Waals surface area contributed by atoms with Gasteiger partial charge in [-0.3, -0.25) is 9.80 Å². The molecule has 3 fully saturated rings. The second-order valence-electron chi connectivity index (χ2n) is 8.54. The maximum absolute atomic E-state index is 9.58. The van der Waals surface area contributed by atoms with Crippen LogP contribution in [0.1, 0.15) is 36.4 Å². The molecule has 0 unspecified atom stereocenters. The molecule has 2 bridgehead atoms. The van der Waals surface area contributed by atoms with Crippen LogP contribution in [0.25, 0.3) is 0 Å². The first-order valence-electron chi connectivity index (χ1n) is 10.6. The van der Waals surface area contributed by atoms with Crippen molar-refractivity contribution in [1.82, 2.24) is 9.80 Å². The fourth-order valence-corrected chi connectivity index (χ4v) is 5.84. The number of piperazine rings is 1. The monoisotopic (exact) mass is 375 g/mol. The molecule has 28 heavy (non-hydrogen) atoms. The summed E-state index contributed by atoms with van der Waals surface area (Å²) in [7, 11) is 0. The molecule has 2 saturated carbocycles. The summed E-state index contributed by atoms with van der Waals surface area (Å²) in [5, 5.41) is 13.3. The van der Waals surface area contributed by atoms with E-state index in [-0.39, 0.29) is 0 Å². The van der Waals surface area contributed by atoms with Crippen LogP contribution in [-0.2, 0) is 0 Å². The van der Waals surface area contributed by atoms with Crippen LogP contribution in [-0.4, -0.2) is 52.9 Å². The largest absolute Gasteiger partial charge is 0.411 e. The molecule has 1 aliphatic heterocycles. The lowest BCUT2D eigenvalue weighted by Gasteiger charge is -2.43. The molecule has 3 aliphatic rings. The first-order chi connectivity index (χ1) is 13.8. The van der Waals surface area contributed by atoms with Crippen molar-refractivity contribution in [3.63, 3.8) is 0 Å². The zero-order chi connectivity index (χ0) is 18.9. The van der Waals surface area contributed by atoms with Gasteiger partial charge in [0.25, 0.3) is 0 Å². The molecule has 1 saturated heterocycles. The summed E-state index contributed by atoms with van der Waals surface area (Å²) in [5.74, 6) is 1.22. The molecule has 1 heterocycles. The van der Waals surface area contributed by atoms with Crippen LogP contribution in [0.15, 0.2) is 65.8 Å². The Labute approximate surface area is 167 Å². The van der Waals surface area contributed by atoms with Crippen LogP contribution < -0.4 is 0 Å². The minimum Gasteiger partial charge on any atom is -0.411 e. The minimum absolute atomic E-state index is 0.301. The van der Waals surface area contributed by atoms with Gasteiger partial charge in [0.2, 0.25) is 0 Å². The molecule has 1 N–H and O–H groups in total. The molecular weight excluding hydrogens is 346 g/mol. The average molecular weight is 376 g/mol. The van der Waals surface area contributed by atoms with Crippen molar-refractivity contribution < 1.29 is 5.21 Å². The highest BCUT2D eigenvalue weighted by molar-refractivity contribution is 5.94. The molecule has 4 heteroatoms. The van der Waals surface area contributed by atoms with E-state index in [0.717, 1.165) is 31.9 Å². The van der Waals surface area contributed by atoms with Gasteiger partial charge in [0.05, 0.1) is 17.8 Å². The Morgan fingerprint density at radius 2 is 1.43 bits per heavy atom. The topological polar surface area (TPSA) is 39.1 Å². The molecule has 2 aromatic rings. The Morgan fingerprint density at radius 3 is 2.00 bits per heavy atom. The van der Waals surface area contributed by atoms with E-state index in [1.54, 1.807) is 0 Å². The lowest BCUT2D eigenvalue weighted by Crippen LogP contribution is -2.54. The van der Waals surface area contributed by atoms with Crippen molar-refractivity contribution in [3.8, 4) is 0 Å². The second kappa shape index (κ2) is 7.69. The van der Waals surface area contributed by atoms with Crippen LogP contribution in [0.5, 0.6) is 0 Å². The lowest BCUT2D eigenvalue weighted by atomic mass is 9.91. The molecule has 0 aromatic heterocycles. The highest BCUT2D eigenvalue weighted by Crippen LogP contribution is 2.45. The Kier molecular flexibility index (Phi) is 4.91. The number of rotatable bonds is 4. The molecule has 0 spiro atoms. The van der Waals surface area contributed by atoms with Gasteiger partial charge in [-0.2, -0.15) is 0 Å². The number of hydrogen-bond acceptors (Lipinski definition) is 4. The summed E-state index contributed by atoms with van der Waals surface area (Å²) in [6, 6.07) is 22.4. The summed E-state index contributed by atoms with van der Waals surface area (Å²) in [6.07, 6.45) is 3.73. The predicted molar refractivity (Wildman–Crippen MR) is 112 cm³/mol. The average Bonchev–Trinajstić information content (AvgIpc) is 3.37. The highest BCUT2D eigenvalue weighted by Gasteiger charge is 2.48. The Bertz CT molecular complexity index is 775. The quantitative estimate of drug-likeness (QED) is 0.648. The van der Waals surface area contributed by atoms with Crippen molar-refractivity contribution in [2.75, 3.05) is 26.2 Å². The van der Waals surface area contributed by atoms with Crippen molar-refractivity contribution in [2.45, 2.75) is 31.3 Å². The standard InChI is InChI=1S/C24H29N3O/c28-25-22-20-11-12-21(17-20)24(22)27-15-13-26(14-16-27)23(18-7-3-1-4-8-18)19-9-5-2-6-10-19/h1-10,20-21,23-24,28H,11-17H2/b25-22-/t20-,21-,24-/m0/s1. The summed E-state index contributed by atoms with van der Waals surface area (Å²) in [4.78, 5) is 5.20. The molecule has 0 radical (unpaired) electrons. The van der Waals surface area contributed by atoms with Crippen LogP contribution in [0.2, 0.25) is 0 Å². The fraction of sp³-hybridized carbons (Fsp3) is 0.458. The van der Waals surface area contributed by atoms with Gasteiger partial charge in [0.15, 0.2) is 0 Å². The maximum Gasteiger partial charge on any atom is 0.0775 e. The fourth-order valence-electron chi connectivity index (χ4n) is 5.84. The summed E-state index contributed by atoms with van der Waals surface area (Å²) in [6.45, 7) is 4.17. The number of hydrogen-bond donors (Lipinski definition) is 1. The van der Waals surface area contributed by atoms with Gasteiger partial charge < -0.3 is 5.21 Å². The first kappa shape index (κ1) is 17.9. The van der Waals surface area contributed by atoms with Gasteiger partial charge in [0.1, 0.15) is 0 Å². The molecule has 146 valence electrons. The number of benzene rings is 2. The van der Waals surface area contributed by atoms with Crippen LogP contribution in [0, 0.1) is 11.8 Å². The molecule has 5 rings (SSSR count). The zero-order valence-electron chi connectivity index (χ0n) is 16.3. The van der Waals surface area contributed by atoms with E-state index in [4.69, 9.17) is 0 Å². The van der Waals surface area contributed by atoms with Crippen molar-refractivity contribution >= 4 is 5.71 Å². The first-order valence-corrected chi connectivity index (χ1v) is 10.6. The summed E-state index contributed by atoms with van der Waals surface area (Å²) >= 11 is 0. The van der Waals surface area contributed by atoms with E-state index in [1.165, 1.54) is 30.4 Å². The Balaban J connectivity index is 1.34. The van der Waals surface area contributed by atoms with E-state index in [9.17, 15) is 5.21 Å². The second-order valence-corrected chi connectivity index (χ2v) is 8.54. The van der Waals surface area contributed by atoms with Crippen molar-refractivity contribution in [1.29, 1.82) is 0 Å². The van der Waals surface area contributed by atoms with E-state index >= 15 is 0 Å². The highest BCUT2D eigenvalue weighted by atomic mass is 16.4. The SMILES string of the molecule is O/N=C1/[C@H]2CC[C@@H](C2)[C@@H]1N1CCN(C(c2ccccc2)c2ccccc2)CC1. The van der Waals surface area contributed by atoms with Crippen LogP contribution in [0.3, 0.4) is 0 Å². The molecular formula is C24H29N3O. The van der Waals surface area contributed by atoms with E-state index in [0.29, 0.717) is 23.9 Å². The lowest BCUT2D eigenvalue weighted by molar-refractivity contribution is 0.0816. The molecule has 0 amide bonds.